The van der Waals surface area contributed by atoms with E-state index in [4.69, 9.17) is 39.6 Å². The summed E-state index contributed by atoms with van der Waals surface area (Å²) in [5.41, 5.74) is 4.74. The number of nitrogens with one attached hydrogen (secondary N) is 1. The third kappa shape index (κ3) is 1.24. The molecule has 0 bridgehead atoms. The van der Waals surface area contributed by atoms with Gasteiger partial charge in [0, 0.05) is 0 Å². The zero-order valence-corrected chi connectivity index (χ0v) is 6.69. The zero-order valence-electron chi connectivity index (χ0n) is 5.17. The van der Waals surface area contributed by atoms with Crippen LogP contribution >= 0.6 is 23.2 Å². The minimum absolute atomic E-state index is 0.0977. The molecule has 0 saturated carbocycles. The van der Waals surface area contributed by atoms with Crippen molar-refractivity contribution in [2.24, 2.45) is 0 Å². The van der Waals surface area contributed by atoms with Gasteiger partial charge in [0.15, 0.2) is 10.6 Å². The number of hydrogen-bond acceptors (Lipinski definition) is 4. The molecule has 0 spiro atoms. The van der Waals surface area contributed by atoms with Crippen LogP contribution in [0.1, 0.15) is 0 Å². The van der Waals surface area contributed by atoms with Crippen LogP contribution in [0, 0.1) is 5.41 Å². The predicted molar refractivity (Wildman–Crippen MR) is 39.7 cm³/mol. The average Bonchev–Trinajstić information content (AvgIpc) is 1.97. The van der Waals surface area contributed by atoms with Crippen molar-refractivity contribution < 1.29 is 5.21 Å². The maximum Gasteiger partial charge on any atom is 0.237 e. The van der Waals surface area contributed by atoms with Gasteiger partial charge in [0.1, 0.15) is 5.02 Å². The minimum atomic E-state index is -0.385. The molecule has 0 aromatic carbocycles. The zero-order chi connectivity index (χ0) is 8.59. The molecule has 0 aliphatic rings. The van der Waals surface area contributed by atoms with Crippen LogP contribution in [0.3, 0.4) is 0 Å². The van der Waals surface area contributed by atoms with Crippen LogP contribution in [0.4, 0.5) is 5.95 Å². The first-order chi connectivity index (χ1) is 5.04. The van der Waals surface area contributed by atoms with Crippen LogP contribution in [0.2, 0.25) is 10.2 Å². The maximum atomic E-state index is 8.91. The molecule has 60 valence electrons. The standard InChI is InChI=1S/C4H4Cl2N4O/c5-1-2(6)9-4(8)10(11)3(1)7/h7,11H,(H2,8,9). The van der Waals surface area contributed by atoms with Gasteiger partial charge in [-0.3, -0.25) is 5.41 Å². The highest BCUT2D eigenvalue weighted by atomic mass is 35.5. The number of aromatic nitrogens is 2. The summed E-state index contributed by atoms with van der Waals surface area (Å²) in [6.45, 7) is 0. The first kappa shape index (κ1) is 8.16. The number of nitrogen functional groups attached to an aromatic ring is 1. The first-order valence-electron chi connectivity index (χ1n) is 2.51. The summed E-state index contributed by atoms with van der Waals surface area (Å²) in [7, 11) is 0. The second-order valence-electron chi connectivity index (χ2n) is 1.74. The Labute approximate surface area is 71.5 Å². The quantitative estimate of drug-likeness (QED) is 0.415. The molecule has 0 aliphatic carbocycles. The molecule has 1 aromatic heterocycles. The Hall–Kier alpha value is -0.940. The van der Waals surface area contributed by atoms with E-state index in [0.29, 0.717) is 4.73 Å². The monoisotopic (exact) mass is 194 g/mol. The Balaban J connectivity index is 3.59. The van der Waals surface area contributed by atoms with Crippen molar-refractivity contribution in [2.45, 2.75) is 0 Å². The van der Waals surface area contributed by atoms with Gasteiger partial charge in [0.05, 0.1) is 0 Å². The third-order valence-electron chi connectivity index (χ3n) is 1.03. The number of nitrogens with two attached hydrogens (primary N) is 1. The van der Waals surface area contributed by atoms with Gasteiger partial charge in [-0.15, -0.1) is 4.73 Å². The van der Waals surface area contributed by atoms with Gasteiger partial charge in [0.2, 0.25) is 5.95 Å². The fraction of sp³-hybridized carbons (Fsp3) is 0. The summed E-state index contributed by atoms with van der Waals surface area (Å²) in [6.07, 6.45) is 0. The topological polar surface area (TPSA) is 87.9 Å². The Bertz CT molecular complexity index is 317. The fourth-order valence-electron chi connectivity index (χ4n) is 0.502. The van der Waals surface area contributed by atoms with Crippen molar-refractivity contribution in [1.82, 2.24) is 9.71 Å². The molecule has 7 heteroatoms. The van der Waals surface area contributed by atoms with Gasteiger partial charge in [0.25, 0.3) is 0 Å². The molecule has 0 atom stereocenters. The lowest BCUT2D eigenvalue weighted by Crippen LogP contribution is -2.22. The van der Waals surface area contributed by atoms with Crippen LogP contribution in [0.25, 0.3) is 0 Å². The molecular formula is C4H4Cl2N4O. The van der Waals surface area contributed by atoms with E-state index in [1.165, 1.54) is 0 Å². The van der Waals surface area contributed by atoms with Crippen LogP contribution < -0.4 is 11.2 Å². The predicted octanol–water partition coefficient (Wildman–Crippen LogP) is 0.489. The molecule has 1 heterocycles. The Morgan fingerprint density at radius 2 is 2.09 bits per heavy atom. The summed E-state index contributed by atoms with van der Waals surface area (Å²) in [5, 5.41) is 15.8. The van der Waals surface area contributed by atoms with Gasteiger partial charge < -0.3 is 10.9 Å². The highest BCUT2D eigenvalue weighted by Crippen LogP contribution is 2.14. The minimum Gasteiger partial charge on any atom is -0.423 e. The lowest BCUT2D eigenvalue weighted by molar-refractivity contribution is 0.174. The highest BCUT2D eigenvalue weighted by molar-refractivity contribution is 6.41. The van der Waals surface area contributed by atoms with E-state index in [2.05, 4.69) is 4.98 Å². The Morgan fingerprint density at radius 3 is 2.64 bits per heavy atom. The number of anilines is 1. The van der Waals surface area contributed by atoms with E-state index >= 15 is 0 Å². The number of nitrogens with zero attached hydrogens (tertiary/aromatic N) is 2. The molecular weight excluding hydrogens is 191 g/mol. The lowest BCUT2D eigenvalue weighted by atomic mass is 10.6. The fourth-order valence-corrected chi connectivity index (χ4v) is 0.801. The summed E-state index contributed by atoms with van der Waals surface area (Å²) >= 11 is 10.9. The van der Waals surface area contributed by atoms with E-state index in [9.17, 15) is 0 Å². The van der Waals surface area contributed by atoms with Crippen molar-refractivity contribution >= 4 is 29.2 Å². The van der Waals surface area contributed by atoms with E-state index in [-0.39, 0.29) is 21.6 Å². The van der Waals surface area contributed by atoms with Crippen LogP contribution in [-0.4, -0.2) is 14.9 Å². The average molecular weight is 195 g/mol. The van der Waals surface area contributed by atoms with E-state index in [1.54, 1.807) is 0 Å². The molecule has 5 nitrogen and oxygen atoms in total. The molecule has 1 rings (SSSR count). The van der Waals surface area contributed by atoms with Crippen molar-refractivity contribution in [1.29, 1.82) is 5.41 Å². The lowest BCUT2D eigenvalue weighted by Gasteiger charge is -2.02. The maximum absolute atomic E-state index is 8.91. The van der Waals surface area contributed by atoms with Gasteiger partial charge >= 0.3 is 0 Å². The second kappa shape index (κ2) is 2.60. The van der Waals surface area contributed by atoms with Crippen molar-refractivity contribution in [3.63, 3.8) is 0 Å². The molecule has 0 fully saturated rings. The SMILES string of the molecule is N=c1c(Cl)c(Cl)nc(N)n1O. The number of halogens is 2. The summed E-state index contributed by atoms with van der Waals surface area (Å²) in [6, 6.07) is 0. The molecule has 0 saturated heterocycles. The van der Waals surface area contributed by atoms with Crippen LogP contribution in [0.15, 0.2) is 0 Å². The summed E-state index contributed by atoms with van der Waals surface area (Å²) < 4.78 is 0.341. The second-order valence-corrected chi connectivity index (χ2v) is 2.47. The van der Waals surface area contributed by atoms with Gasteiger partial charge in [-0.2, -0.15) is 4.98 Å². The third-order valence-corrected chi connectivity index (χ3v) is 1.76. The number of rotatable bonds is 0. The highest BCUT2D eigenvalue weighted by Gasteiger charge is 2.06. The first-order valence-corrected chi connectivity index (χ1v) is 3.27. The van der Waals surface area contributed by atoms with Crippen molar-refractivity contribution in [3.8, 4) is 0 Å². The van der Waals surface area contributed by atoms with Crippen molar-refractivity contribution in [2.75, 3.05) is 5.73 Å². The van der Waals surface area contributed by atoms with Crippen LogP contribution in [0.5, 0.6) is 0 Å². The van der Waals surface area contributed by atoms with Gasteiger partial charge in [-0.05, 0) is 0 Å². The van der Waals surface area contributed by atoms with E-state index in [0.717, 1.165) is 0 Å². The molecule has 1 aromatic rings. The molecule has 0 aliphatic heterocycles. The summed E-state index contributed by atoms with van der Waals surface area (Å²) in [5.74, 6) is -0.274. The van der Waals surface area contributed by atoms with Gasteiger partial charge in [-0.25, -0.2) is 0 Å². The van der Waals surface area contributed by atoms with Gasteiger partial charge in [-0.1, -0.05) is 23.2 Å². The molecule has 11 heavy (non-hydrogen) atoms. The molecule has 0 unspecified atom stereocenters. The normalized spacial score (nSPS) is 10.0. The van der Waals surface area contributed by atoms with E-state index < -0.39 is 0 Å². The van der Waals surface area contributed by atoms with E-state index in [1.807, 2.05) is 0 Å². The van der Waals surface area contributed by atoms with Crippen molar-refractivity contribution in [3.05, 3.63) is 15.7 Å². The summed E-state index contributed by atoms with van der Waals surface area (Å²) in [4.78, 5) is 3.44. The molecule has 0 radical (unpaired) electrons. The molecule has 4 N–H and O–H groups in total. The Morgan fingerprint density at radius 1 is 1.55 bits per heavy atom. The van der Waals surface area contributed by atoms with Crippen LogP contribution in [-0.2, 0) is 0 Å². The largest absolute Gasteiger partial charge is 0.423 e. The smallest absolute Gasteiger partial charge is 0.237 e. The molecule has 0 amide bonds. The Kier molecular flexibility index (Phi) is 1.92. The number of hydrogen-bond donors (Lipinski definition) is 3.